The number of phenols is 1. The van der Waals surface area contributed by atoms with E-state index in [4.69, 9.17) is 14.2 Å². The van der Waals surface area contributed by atoms with Crippen molar-refractivity contribution in [3.8, 4) is 17.2 Å². The second kappa shape index (κ2) is 11.8. The van der Waals surface area contributed by atoms with Crippen molar-refractivity contribution in [1.82, 2.24) is 4.57 Å². The Hall–Kier alpha value is -2.39. The number of benzene rings is 2. The first-order chi connectivity index (χ1) is 18.0. The highest BCUT2D eigenvalue weighted by atomic mass is 127. The van der Waals surface area contributed by atoms with E-state index >= 15 is 0 Å². The highest BCUT2D eigenvalue weighted by Gasteiger charge is 2.34. The molecule has 0 saturated heterocycles. The fourth-order valence-corrected chi connectivity index (χ4v) is 7.08. The smallest absolute Gasteiger partial charge is 0.338 e. The van der Waals surface area contributed by atoms with Gasteiger partial charge in [-0.25, -0.2) is 9.79 Å². The number of nitrogens with zero attached hydrogens (tertiary/aromatic N) is 2. The third-order valence-electron chi connectivity index (χ3n) is 5.73. The van der Waals surface area contributed by atoms with E-state index in [2.05, 4.69) is 50.2 Å². The Morgan fingerprint density at radius 3 is 2.63 bits per heavy atom. The topological polar surface area (TPSA) is 99.4 Å². The summed E-state index contributed by atoms with van der Waals surface area (Å²) in [5.41, 5.74) is 1.59. The van der Waals surface area contributed by atoms with Crippen LogP contribution in [0.2, 0.25) is 0 Å². The molecule has 4 rings (SSSR count). The monoisotopic (exact) mass is 760 g/mol. The summed E-state index contributed by atoms with van der Waals surface area (Å²) in [5, 5.41) is 10.6. The second-order valence-electron chi connectivity index (χ2n) is 8.70. The summed E-state index contributed by atoms with van der Waals surface area (Å²) in [6.45, 7) is 7.49. The van der Waals surface area contributed by atoms with Gasteiger partial charge in [-0.1, -0.05) is 17.4 Å². The number of thiazole rings is 1. The Balaban J connectivity index is 1.97. The van der Waals surface area contributed by atoms with Crippen molar-refractivity contribution in [2.24, 2.45) is 4.99 Å². The van der Waals surface area contributed by atoms with Crippen LogP contribution < -0.4 is 24.4 Å². The van der Waals surface area contributed by atoms with Crippen LogP contribution >= 0.6 is 56.5 Å². The molecule has 1 aliphatic heterocycles. The molecular weight excluding hydrogens is 734 g/mol. The Morgan fingerprint density at radius 2 is 1.97 bits per heavy atom. The van der Waals surface area contributed by atoms with Crippen molar-refractivity contribution >= 4 is 68.6 Å². The van der Waals surface area contributed by atoms with Gasteiger partial charge in [0.25, 0.3) is 5.56 Å². The molecule has 0 amide bonds. The van der Waals surface area contributed by atoms with Gasteiger partial charge in [0.1, 0.15) is 5.75 Å². The van der Waals surface area contributed by atoms with Crippen LogP contribution in [0.25, 0.3) is 6.08 Å². The maximum Gasteiger partial charge on any atom is 0.338 e. The fraction of sp³-hybridized carbons (Fsp3) is 0.296. The molecule has 2 heterocycles. The van der Waals surface area contributed by atoms with Crippen LogP contribution in [0.3, 0.4) is 0 Å². The lowest BCUT2D eigenvalue weighted by atomic mass is 9.95. The number of carbonyl (C=O) groups is 1. The van der Waals surface area contributed by atoms with E-state index in [1.54, 1.807) is 45.2 Å². The minimum atomic E-state index is -0.793. The largest absolute Gasteiger partial charge is 0.506 e. The van der Waals surface area contributed by atoms with Gasteiger partial charge in [0, 0.05) is 9.13 Å². The van der Waals surface area contributed by atoms with Gasteiger partial charge >= 0.3 is 5.97 Å². The Bertz CT molecular complexity index is 1620. The number of esters is 1. The number of fused-ring (bicyclic) bond motifs is 1. The molecular formula is C27H26I2N2O6S. The first-order valence-corrected chi connectivity index (χ1v) is 14.7. The number of ether oxygens (including phenoxy) is 3. The molecule has 0 spiro atoms. The number of hydrogen-bond acceptors (Lipinski definition) is 8. The number of carbonyl (C=O) groups excluding carboxylic acids is 1. The number of rotatable bonds is 7. The van der Waals surface area contributed by atoms with E-state index in [9.17, 15) is 14.7 Å². The van der Waals surface area contributed by atoms with E-state index in [1.165, 1.54) is 15.9 Å². The first kappa shape index (κ1) is 28.6. The van der Waals surface area contributed by atoms with Crippen LogP contribution in [0, 0.1) is 7.14 Å². The highest BCUT2D eigenvalue weighted by Crippen LogP contribution is 2.36. The molecule has 200 valence electrons. The predicted octanol–water partition coefficient (Wildman–Crippen LogP) is 4.51. The lowest BCUT2D eigenvalue weighted by Gasteiger charge is -2.25. The van der Waals surface area contributed by atoms with Gasteiger partial charge in [-0.2, -0.15) is 0 Å². The molecule has 0 saturated carbocycles. The molecule has 38 heavy (non-hydrogen) atoms. The zero-order valence-electron chi connectivity index (χ0n) is 21.4. The van der Waals surface area contributed by atoms with Gasteiger partial charge in [0.2, 0.25) is 0 Å². The molecule has 0 unspecified atom stereocenters. The van der Waals surface area contributed by atoms with E-state index < -0.39 is 12.0 Å². The van der Waals surface area contributed by atoms with Crippen molar-refractivity contribution in [1.29, 1.82) is 0 Å². The standard InChI is InChI=1S/C27H26I2N2O6S/c1-6-36-26(34)22-14(4)30-27-31(23(22)15-7-8-19(37-13(2)3)20(10-15)35-5)25(33)21(38-27)11-16-9-17(28)12-18(29)24(16)32/h7-13,23,32H,6H2,1-5H3/b21-11-/t23-/m0/s1. The Labute approximate surface area is 250 Å². The summed E-state index contributed by atoms with van der Waals surface area (Å²) < 4.78 is 20.3. The molecule has 0 fully saturated rings. The zero-order chi connectivity index (χ0) is 27.7. The van der Waals surface area contributed by atoms with Crippen LogP contribution in [0.15, 0.2) is 51.4 Å². The van der Waals surface area contributed by atoms with Gasteiger partial charge in [-0.05, 0) is 109 Å². The average molecular weight is 760 g/mol. The van der Waals surface area contributed by atoms with E-state index in [-0.39, 0.29) is 29.6 Å². The summed E-state index contributed by atoms with van der Waals surface area (Å²) in [6, 6.07) is 8.22. The molecule has 1 aliphatic rings. The van der Waals surface area contributed by atoms with Gasteiger partial charge < -0.3 is 19.3 Å². The number of aromatic nitrogens is 1. The summed E-state index contributed by atoms with van der Waals surface area (Å²) in [7, 11) is 1.54. The quantitative estimate of drug-likeness (QED) is 0.282. The van der Waals surface area contributed by atoms with Gasteiger partial charge in [-0.3, -0.25) is 9.36 Å². The number of aromatic hydroxyl groups is 1. The second-order valence-corrected chi connectivity index (χ2v) is 12.1. The maximum absolute atomic E-state index is 13.8. The summed E-state index contributed by atoms with van der Waals surface area (Å²) in [5.74, 6) is 0.594. The van der Waals surface area contributed by atoms with E-state index in [0.717, 1.165) is 3.57 Å². The first-order valence-electron chi connectivity index (χ1n) is 11.8. The van der Waals surface area contributed by atoms with Gasteiger partial charge in [0.15, 0.2) is 16.3 Å². The van der Waals surface area contributed by atoms with Crippen LogP contribution in [0.1, 0.15) is 44.9 Å². The summed E-state index contributed by atoms with van der Waals surface area (Å²) in [6.07, 6.45) is 1.59. The molecule has 0 aliphatic carbocycles. The van der Waals surface area contributed by atoms with Crippen molar-refractivity contribution in [2.45, 2.75) is 39.8 Å². The van der Waals surface area contributed by atoms with Crippen molar-refractivity contribution in [3.63, 3.8) is 0 Å². The predicted molar refractivity (Wildman–Crippen MR) is 163 cm³/mol. The van der Waals surface area contributed by atoms with Crippen LogP contribution in [0.4, 0.5) is 0 Å². The number of hydrogen-bond donors (Lipinski definition) is 1. The molecule has 2 aromatic carbocycles. The number of phenolic OH excluding ortho intramolecular Hbond substituents is 1. The zero-order valence-corrected chi connectivity index (χ0v) is 26.5. The lowest BCUT2D eigenvalue weighted by Crippen LogP contribution is -2.40. The van der Waals surface area contributed by atoms with Crippen molar-refractivity contribution in [2.75, 3.05) is 13.7 Å². The average Bonchev–Trinajstić information content (AvgIpc) is 3.15. The minimum Gasteiger partial charge on any atom is -0.506 e. The maximum atomic E-state index is 13.8. The Kier molecular flexibility index (Phi) is 8.87. The molecule has 3 aromatic rings. The third-order valence-corrected chi connectivity index (χ3v) is 8.16. The lowest BCUT2D eigenvalue weighted by molar-refractivity contribution is -0.139. The fourth-order valence-electron chi connectivity index (χ4n) is 4.15. The number of allylic oxidation sites excluding steroid dienone is 1. The molecule has 8 nitrogen and oxygen atoms in total. The summed E-state index contributed by atoms with van der Waals surface area (Å²) >= 11 is 5.42. The van der Waals surface area contributed by atoms with Crippen molar-refractivity contribution in [3.05, 3.63) is 79.6 Å². The SMILES string of the molecule is CCOC(=O)C1=C(C)N=c2s/c(=C\c3cc(I)cc(I)c3O)c(=O)n2[C@H]1c1ccc(OC(C)C)c(OC)c1. The van der Waals surface area contributed by atoms with Gasteiger partial charge in [0.05, 0.1) is 45.2 Å². The Morgan fingerprint density at radius 1 is 1.24 bits per heavy atom. The van der Waals surface area contributed by atoms with Crippen LogP contribution in [-0.4, -0.2) is 35.5 Å². The molecule has 0 radical (unpaired) electrons. The van der Waals surface area contributed by atoms with E-state index in [0.29, 0.717) is 41.2 Å². The highest BCUT2D eigenvalue weighted by molar-refractivity contribution is 14.1. The third kappa shape index (κ3) is 5.64. The molecule has 1 aromatic heterocycles. The van der Waals surface area contributed by atoms with Crippen LogP contribution in [0.5, 0.6) is 17.2 Å². The number of methoxy groups -OCH3 is 1. The van der Waals surface area contributed by atoms with E-state index in [1.807, 2.05) is 26.0 Å². The summed E-state index contributed by atoms with van der Waals surface area (Å²) in [4.78, 5) is 32.0. The van der Waals surface area contributed by atoms with Crippen LogP contribution in [-0.2, 0) is 9.53 Å². The molecule has 0 bridgehead atoms. The molecule has 1 atom stereocenters. The number of halogens is 2. The normalized spacial score (nSPS) is 15.4. The molecule has 11 heteroatoms. The molecule has 1 N–H and O–H groups in total. The van der Waals surface area contributed by atoms with Gasteiger partial charge in [-0.15, -0.1) is 0 Å². The van der Waals surface area contributed by atoms with Crippen molar-refractivity contribution < 1.29 is 24.1 Å². The minimum absolute atomic E-state index is 0.0646.